The van der Waals surface area contributed by atoms with Crippen LogP contribution in [-0.4, -0.2) is 33.5 Å². The van der Waals surface area contributed by atoms with Gasteiger partial charge in [0.05, 0.1) is 6.54 Å². The lowest BCUT2D eigenvalue weighted by atomic mass is 10.1. The first-order chi connectivity index (χ1) is 10.2. The van der Waals surface area contributed by atoms with Crippen molar-refractivity contribution in [3.63, 3.8) is 0 Å². The molecule has 0 unspecified atom stereocenters. The Balaban J connectivity index is 1.81. The number of halogens is 1. The van der Waals surface area contributed by atoms with E-state index in [0.29, 0.717) is 24.5 Å². The predicted octanol–water partition coefficient (Wildman–Crippen LogP) is 2.54. The Hall–Kier alpha value is -1.53. The Morgan fingerprint density at radius 1 is 1.52 bits per heavy atom. The van der Waals surface area contributed by atoms with Crippen molar-refractivity contribution in [3.8, 4) is 0 Å². The summed E-state index contributed by atoms with van der Waals surface area (Å²) in [6.45, 7) is 1.12. The van der Waals surface area contributed by atoms with Crippen LogP contribution in [0.25, 0.3) is 0 Å². The first-order valence-corrected chi connectivity index (χ1v) is 8.23. The molecule has 0 saturated carbocycles. The SMILES string of the molecule is CS[C@@H](CNC(=O)CCn1cncn1)c1cccc(Cl)c1. The molecule has 0 aliphatic heterocycles. The molecule has 1 N–H and O–H groups in total. The van der Waals surface area contributed by atoms with Crippen molar-refractivity contribution in [2.45, 2.75) is 18.2 Å². The molecule has 0 aliphatic rings. The summed E-state index contributed by atoms with van der Waals surface area (Å²) in [6.07, 6.45) is 5.47. The Bertz CT molecular complexity index is 576. The summed E-state index contributed by atoms with van der Waals surface area (Å²) >= 11 is 7.69. The quantitative estimate of drug-likeness (QED) is 0.850. The third kappa shape index (κ3) is 5.06. The van der Waals surface area contributed by atoms with Gasteiger partial charge in [-0.05, 0) is 24.0 Å². The molecule has 21 heavy (non-hydrogen) atoms. The van der Waals surface area contributed by atoms with Gasteiger partial charge in [0.1, 0.15) is 12.7 Å². The molecule has 1 aromatic carbocycles. The fourth-order valence-corrected chi connectivity index (χ4v) is 2.77. The lowest BCUT2D eigenvalue weighted by Gasteiger charge is -2.16. The van der Waals surface area contributed by atoms with Gasteiger partial charge in [-0.2, -0.15) is 16.9 Å². The van der Waals surface area contributed by atoms with Gasteiger partial charge in [-0.1, -0.05) is 23.7 Å². The van der Waals surface area contributed by atoms with Gasteiger partial charge < -0.3 is 5.32 Å². The smallest absolute Gasteiger partial charge is 0.221 e. The second-order valence-electron chi connectivity index (χ2n) is 4.49. The first kappa shape index (κ1) is 15.9. The van der Waals surface area contributed by atoms with E-state index in [4.69, 9.17) is 11.6 Å². The molecule has 0 bridgehead atoms. The molecule has 1 heterocycles. The molecule has 2 aromatic rings. The Kier molecular flexibility index (Phi) is 6.07. The Labute approximate surface area is 133 Å². The van der Waals surface area contributed by atoms with E-state index < -0.39 is 0 Å². The minimum atomic E-state index is 0.00609. The summed E-state index contributed by atoms with van der Waals surface area (Å²) < 4.78 is 1.64. The number of nitrogens with zero attached hydrogens (tertiary/aromatic N) is 3. The number of thioether (sulfide) groups is 1. The number of amides is 1. The fourth-order valence-electron chi connectivity index (χ4n) is 1.90. The monoisotopic (exact) mass is 324 g/mol. The zero-order valence-electron chi connectivity index (χ0n) is 11.7. The molecule has 0 fully saturated rings. The average molecular weight is 325 g/mol. The van der Waals surface area contributed by atoms with E-state index in [0.717, 1.165) is 5.56 Å². The molecular formula is C14H17ClN4OS. The van der Waals surface area contributed by atoms with Crippen molar-refractivity contribution in [2.24, 2.45) is 0 Å². The number of hydrogen-bond donors (Lipinski definition) is 1. The van der Waals surface area contributed by atoms with Crippen LogP contribution < -0.4 is 5.32 Å². The molecular weight excluding hydrogens is 308 g/mol. The molecule has 1 aromatic heterocycles. The van der Waals surface area contributed by atoms with Crippen LogP contribution in [0.15, 0.2) is 36.9 Å². The minimum Gasteiger partial charge on any atom is -0.355 e. The molecule has 0 saturated heterocycles. The van der Waals surface area contributed by atoms with Gasteiger partial charge in [0.15, 0.2) is 0 Å². The maximum absolute atomic E-state index is 11.8. The van der Waals surface area contributed by atoms with Crippen LogP contribution in [0.5, 0.6) is 0 Å². The van der Waals surface area contributed by atoms with Crippen molar-refractivity contribution in [1.29, 1.82) is 0 Å². The molecule has 1 atom stereocenters. The highest BCUT2D eigenvalue weighted by Gasteiger charge is 2.12. The van der Waals surface area contributed by atoms with Crippen LogP contribution in [0.2, 0.25) is 5.02 Å². The van der Waals surface area contributed by atoms with Gasteiger partial charge in [-0.15, -0.1) is 0 Å². The second kappa shape index (κ2) is 8.05. The standard InChI is InChI=1S/C14H17ClN4OS/c1-21-13(11-3-2-4-12(15)7-11)8-17-14(20)5-6-19-10-16-9-18-19/h2-4,7,9-10,13H,5-6,8H2,1H3,(H,17,20)/t13-/m0/s1. The summed E-state index contributed by atoms with van der Waals surface area (Å²) in [5, 5.41) is 7.82. The van der Waals surface area contributed by atoms with Gasteiger partial charge in [0, 0.05) is 23.2 Å². The zero-order chi connectivity index (χ0) is 15.1. The number of carbonyl (C=O) groups excluding carboxylic acids is 1. The number of rotatable bonds is 7. The number of aromatic nitrogens is 3. The van der Waals surface area contributed by atoms with E-state index in [-0.39, 0.29) is 11.2 Å². The lowest BCUT2D eigenvalue weighted by Crippen LogP contribution is -2.28. The summed E-state index contributed by atoms with van der Waals surface area (Å²) in [5.74, 6) is 0.00609. The largest absolute Gasteiger partial charge is 0.355 e. The van der Waals surface area contributed by atoms with Gasteiger partial charge in [0.2, 0.25) is 5.91 Å². The molecule has 2 rings (SSSR count). The number of carbonyl (C=O) groups is 1. The number of hydrogen-bond acceptors (Lipinski definition) is 4. The van der Waals surface area contributed by atoms with Gasteiger partial charge in [-0.25, -0.2) is 4.98 Å². The highest BCUT2D eigenvalue weighted by Crippen LogP contribution is 2.27. The topological polar surface area (TPSA) is 59.8 Å². The second-order valence-corrected chi connectivity index (χ2v) is 5.97. The van der Waals surface area contributed by atoms with Crippen LogP contribution in [-0.2, 0) is 11.3 Å². The summed E-state index contributed by atoms with van der Waals surface area (Å²) in [4.78, 5) is 15.7. The average Bonchev–Trinajstić information content (AvgIpc) is 2.99. The normalized spacial score (nSPS) is 12.1. The molecule has 5 nitrogen and oxygen atoms in total. The Morgan fingerprint density at radius 3 is 3.05 bits per heavy atom. The molecule has 0 spiro atoms. The highest BCUT2D eigenvalue weighted by molar-refractivity contribution is 7.98. The van der Waals surface area contributed by atoms with Crippen molar-refractivity contribution in [3.05, 3.63) is 47.5 Å². The van der Waals surface area contributed by atoms with Crippen molar-refractivity contribution >= 4 is 29.3 Å². The molecule has 0 radical (unpaired) electrons. The van der Waals surface area contributed by atoms with Gasteiger partial charge >= 0.3 is 0 Å². The zero-order valence-corrected chi connectivity index (χ0v) is 13.3. The number of benzene rings is 1. The van der Waals surface area contributed by atoms with Gasteiger partial charge in [0.25, 0.3) is 0 Å². The minimum absolute atomic E-state index is 0.00609. The third-order valence-corrected chi connectivity index (χ3v) is 4.27. The van der Waals surface area contributed by atoms with Crippen molar-refractivity contribution in [2.75, 3.05) is 12.8 Å². The maximum atomic E-state index is 11.8. The highest BCUT2D eigenvalue weighted by atomic mass is 35.5. The predicted molar refractivity (Wildman–Crippen MR) is 85.4 cm³/mol. The van der Waals surface area contributed by atoms with E-state index in [1.807, 2.05) is 30.5 Å². The van der Waals surface area contributed by atoms with Crippen LogP contribution in [0.1, 0.15) is 17.2 Å². The maximum Gasteiger partial charge on any atom is 0.221 e. The van der Waals surface area contributed by atoms with E-state index in [2.05, 4.69) is 15.4 Å². The summed E-state index contributed by atoms with van der Waals surface area (Å²) in [6, 6.07) is 7.73. The third-order valence-electron chi connectivity index (χ3n) is 3.02. The fraction of sp³-hybridized carbons (Fsp3) is 0.357. The summed E-state index contributed by atoms with van der Waals surface area (Å²) in [7, 11) is 0. The molecule has 7 heteroatoms. The van der Waals surface area contributed by atoms with Crippen LogP contribution in [0.4, 0.5) is 0 Å². The number of aryl methyl sites for hydroxylation is 1. The first-order valence-electron chi connectivity index (χ1n) is 6.56. The Morgan fingerprint density at radius 2 is 2.38 bits per heavy atom. The van der Waals surface area contributed by atoms with Gasteiger partial charge in [-0.3, -0.25) is 9.48 Å². The van der Waals surface area contributed by atoms with Crippen LogP contribution in [0.3, 0.4) is 0 Å². The van der Waals surface area contributed by atoms with E-state index >= 15 is 0 Å². The van der Waals surface area contributed by atoms with Crippen LogP contribution >= 0.6 is 23.4 Å². The number of nitrogens with one attached hydrogen (secondary N) is 1. The molecule has 112 valence electrons. The van der Waals surface area contributed by atoms with Crippen molar-refractivity contribution in [1.82, 2.24) is 20.1 Å². The summed E-state index contributed by atoms with van der Waals surface area (Å²) in [5.41, 5.74) is 1.12. The van der Waals surface area contributed by atoms with Crippen molar-refractivity contribution < 1.29 is 4.79 Å². The lowest BCUT2D eigenvalue weighted by molar-refractivity contribution is -0.121. The van der Waals surface area contributed by atoms with E-state index in [9.17, 15) is 4.79 Å². The van der Waals surface area contributed by atoms with E-state index in [1.165, 1.54) is 6.33 Å². The van der Waals surface area contributed by atoms with Crippen LogP contribution in [0, 0.1) is 0 Å². The molecule has 0 aliphatic carbocycles. The molecule has 1 amide bonds. The van der Waals surface area contributed by atoms with E-state index in [1.54, 1.807) is 22.8 Å².